The Labute approximate surface area is 75.7 Å². The van der Waals surface area contributed by atoms with Crippen molar-refractivity contribution in [2.45, 2.75) is 31.9 Å². The number of rotatable bonds is 4. The lowest BCUT2D eigenvalue weighted by Crippen LogP contribution is -2.48. The molecule has 1 aliphatic rings. The minimum atomic E-state index is -1.20. The van der Waals surface area contributed by atoms with Crippen LogP contribution in [-0.2, 0) is 9.59 Å². The van der Waals surface area contributed by atoms with Crippen LogP contribution in [0.15, 0.2) is 0 Å². The van der Waals surface area contributed by atoms with Crippen LogP contribution < -0.4 is 5.32 Å². The topological polar surface area (TPSA) is 86.6 Å². The van der Waals surface area contributed by atoms with E-state index < -0.39 is 18.1 Å². The standard InChI is InChI=1S/C8H13NO4/c1-4(10)6(8(12)13)9-7(11)5-2-3-5/h4-6,10H,2-3H2,1H3,(H,9,11)(H,12,13)/t4-,6+/m0/s1. The minimum absolute atomic E-state index is 0.0411. The molecule has 1 rings (SSSR count). The molecule has 3 N–H and O–H groups in total. The molecule has 0 aromatic carbocycles. The van der Waals surface area contributed by atoms with E-state index in [1.54, 1.807) is 0 Å². The Morgan fingerprint density at radius 3 is 2.31 bits per heavy atom. The third-order valence-corrected chi connectivity index (χ3v) is 1.99. The molecule has 1 fully saturated rings. The van der Waals surface area contributed by atoms with Gasteiger partial charge in [-0.3, -0.25) is 4.79 Å². The molecular weight excluding hydrogens is 174 g/mol. The van der Waals surface area contributed by atoms with Crippen molar-refractivity contribution in [2.75, 3.05) is 0 Å². The maximum atomic E-state index is 11.1. The predicted octanol–water partition coefficient (Wildman–Crippen LogP) is -0.653. The van der Waals surface area contributed by atoms with E-state index in [9.17, 15) is 9.59 Å². The van der Waals surface area contributed by atoms with Crippen LogP contribution >= 0.6 is 0 Å². The number of aliphatic hydroxyl groups excluding tert-OH is 1. The van der Waals surface area contributed by atoms with Gasteiger partial charge >= 0.3 is 5.97 Å². The van der Waals surface area contributed by atoms with Gasteiger partial charge in [0.2, 0.25) is 5.91 Å². The fourth-order valence-corrected chi connectivity index (χ4v) is 1.01. The predicted molar refractivity (Wildman–Crippen MR) is 44.0 cm³/mol. The number of aliphatic carboxylic acids is 1. The average Bonchev–Trinajstić information content (AvgIpc) is 2.80. The van der Waals surface area contributed by atoms with E-state index in [1.165, 1.54) is 6.92 Å². The number of hydrogen-bond acceptors (Lipinski definition) is 3. The first-order chi connectivity index (χ1) is 6.02. The van der Waals surface area contributed by atoms with Gasteiger partial charge in [-0.2, -0.15) is 0 Å². The number of nitrogens with one attached hydrogen (secondary N) is 1. The summed E-state index contributed by atoms with van der Waals surface area (Å²) in [5, 5.41) is 19.9. The highest BCUT2D eigenvalue weighted by atomic mass is 16.4. The van der Waals surface area contributed by atoms with E-state index in [1.807, 2.05) is 0 Å². The molecular formula is C8H13NO4. The molecule has 5 heteroatoms. The van der Waals surface area contributed by atoms with Gasteiger partial charge in [0.05, 0.1) is 6.10 Å². The van der Waals surface area contributed by atoms with Gasteiger partial charge in [-0.25, -0.2) is 4.79 Å². The molecule has 0 aromatic heterocycles. The zero-order valence-corrected chi connectivity index (χ0v) is 7.36. The Bertz CT molecular complexity index is 222. The summed E-state index contributed by atoms with van der Waals surface area (Å²) < 4.78 is 0. The molecule has 2 atom stereocenters. The van der Waals surface area contributed by atoms with E-state index in [0.717, 1.165) is 12.8 Å². The summed E-state index contributed by atoms with van der Waals surface area (Å²) in [6.07, 6.45) is 0.566. The summed E-state index contributed by atoms with van der Waals surface area (Å²) in [7, 11) is 0. The monoisotopic (exact) mass is 187 g/mol. The number of aliphatic hydroxyl groups is 1. The lowest BCUT2D eigenvalue weighted by Gasteiger charge is -2.16. The summed E-state index contributed by atoms with van der Waals surface area (Å²) in [4.78, 5) is 21.7. The van der Waals surface area contributed by atoms with E-state index in [2.05, 4.69) is 5.32 Å². The van der Waals surface area contributed by atoms with Gasteiger partial charge < -0.3 is 15.5 Å². The number of amides is 1. The SMILES string of the molecule is C[C@H](O)[C@@H](NC(=O)C1CC1)C(=O)O. The Morgan fingerprint density at radius 1 is 1.46 bits per heavy atom. The second kappa shape index (κ2) is 3.74. The smallest absolute Gasteiger partial charge is 0.328 e. The fraction of sp³-hybridized carbons (Fsp3) is 0.750. The molecule has 1 amide bonds. The quantitative estimate of drug-likeness (QED) is 0.545. The maximum absolute atomic E-state index is 11.1. The second-order valence-electron chi connectivity index (χ2n) is 3.34. The molecule has 0 saturated heterocycles. The number of hydrogen-bond donors (Lipinski definition) is 3. The molecule has 0 bridgehead atoms. The second-order valence-corrected chi connectivity index (χ2v) is 3.34. The number of carbonyl (C=O) groups excluding carboxylic acids is 1. The third kappa shape index (κ3) is 2.69. The molecule has 0 spiro atoms. The van der Waals surface area contributed by atoms with Crippen molar-refractivity contribution in [3.63, 3.8) is 0 Å². The minimum Gasteiger partial charge on any atom is -0.480 e. The first-order valence-corrected chi connectivity index (χ1v) is 4.23. The van der Waals surface area contributed by atoms with Gasteiger partial charge in [-0.1, -0.05) is 0 Å². The van der Waals surface area contributed by atoms with E-state index in [0.29, 0.717) is 0 Å². The van der Waals surface area contributed by atoms with Gasteiger partial charge in [0.15, 0.2) is 6.04 Å². The molecule has 1 aliphatic carbocycles. The number of carbonyl (C=O) groups is 2. The summed E-state index contributed by atoms with van der Waals surface area (Å²) in [5.74, 6) is -1.52. The largest absolute Gasteiger partial charge is 0.480 e. The molecule has 0 radical (unpaired) electrons. The first kappa shape index (κ1) is 9.98. The van der Waals surface area contributed by atoms with Crippen molar-refractivity contribution in [1.82, 2.24) is 5.32 Å². The molecule has 13 heavy (non-hydrogen) atoms. The van der Waals surface area contributed by atoms with E-state index in [-0.39, 0.29) is 11.8 Å². The van der Waals surface area contributed by atoms with Crippen LogP contribution in [0.4, 0.5) is 0 Å². The van der Waals surface area contributed by atoms with Gasteiger partial charge in [-0.05, 0) is 19.8 Å². The summed E-state index contributed by atoms with van der Waals surface area (Å²) in [5.41, 5.74) is 0. The molecule has 0 heterocycles. The van der Waals surface area contributed by atoms with Gasteiger partial charge in [0.1, 0.15) is 0 Å². The van der Waals surface area contributed by atoms with Crippen LogP contribution in [0.3, 0.4) is 0 Å². The molecule has 74 valence electrons. The van der Waals surface area contributed by atoms with Gasteiger partial charge in [0, 0.05) is 5.92 Å². The van der Waals surface area contributed by atoms with Crippen molar-refractivity contribution in [3.8, 4) is 0 Å². The van der Waals surface area contributed by atoms with Crippen LogP contribution in [0, 0.1) is 5.92 Å². The highest BCUT2D eigenvalue weighted by molar-refractivity contribution is 5.86. The van der Waals surface area contributed by atoms with Crippen LogP contribution in [0.5, 0.6) is 0 Å². The average molecular weight is 187 g/mol. The zero-order chi connectivity index (χ0) is 10.0. The third-order valence-electron chi connectivity index (χ3n) is 1.99. The highest BCUT2D eigenvalue weighted by Crippen LogP contribution is 2.28. The number of carboxylic acid groups (broad SMARTS) is 1. The van der Waals surface area contributed by atoms with E-state index in [4.69, 9.17) is 10.2 Å². The maximum Gasteiger partial charge on any atom is 0.328 e. The Kier molecular flexibility index (Phi) is 2.87. The first-order valence-electron chi connectivity index (χ1n) is 4.23. The van der Waals surface area contributed by atoms with Crippen molar-refractivity contribution in [3.05, 3.63) is 0 Å². The van der Waals surface area contributed by atoms with Crippen molar-refractivity contribution in [1.29, 1.82) is 0 Å². The Morgan fingerprint density at radius 2 is 2.00 bits per heavy atom. The van der Waals surface area contributed by atoms with Crippen molar-refractivity contribution >= 4 is 11.9 Å². The highest BCUT2D eigenvalue weighted by Gasteiger charge is 2.33. The van der Waals surface area contributed by atoms with Crippen LogP contribution in [0.2, 0.25) is 0 Å². The molecule has 0 aromatic rings. The van der Waals surface area contributed by atoms with E-state index >= 15 is 0 Å². The molecule has 0 aliphatic heterocycles. The summed E-state index contributed by atoms with van der Waals surface area (Å²) in [6.45, 7) is 1.34. The van der Waals surface area contributed by atoms with Gasteiger partial charge in [0.25, 0.3) is 0 Å². The van der Waals surface area contributed by atoms with Gasteiger partial charge in [-0.15, -0.1) is 0 Å². The molecule has 0 unspecified atom stereocenters. The lowest BCUT2D eigenvalue weighted by atomic mass is 10.2. The van der Waals surface area contributed by atoms with Crippen molar-refractivity contribution in [2.24, 2.45) is 5.92 Å². The van der Waals surface area contributed by atoms with Crippen LogP contribution in [-0.4, -0.2) is 34.2 Å². The van der Waals surface area contributed by atoms with Crippen LogP contribution in [0.1, 0.15) is 19.8 Å². The summed E-state index contributed by atoms with van der Waals surface area (Å²) >= 11 is 0. The zero-order valence-electron chi connectivity index (χ0n) is 7.36. The van der Waals surface area contributed by atoms with Crippen molar-refractivity contribution < 1.29 is 19.8 Å². The normalized spacial score (nSPS) is 20.5. The number of carboxylic acids is 1. The summed E-state index contributed by atoms with van der Waals surface area (Å²) in [6, 6.07) is -1.19. The lowest BCUT2D eigenvalue weighted by molar-refractivity contribution is -0.145. The van der Waals surface area contributed by atoms with Crippen LogP contribution in [0.25, 0.3) is 0 Å². The molecule has 1 saturated carbocycles. The fourth-order valence-electron chi connectivity index (χ4n) is 1.01. The Balaban J connectivity index is 2.46. The Hall–Kier alpha value is -1.10. The molecule has 5 nitrogen and oxygen atoms in total.